The Morgan fingerprint density at radius 1 is 1.45 bits per heavy atom. The Bertz CT molecular complexity index is 598. The number of likely N-dealkylation sites (tertiary alicyclic amines) is 1. The molecule has 2 aliphatic heterocycles. The van der Waals surface area contributed by atoms with Crippen LogP contribution in [0.15, 0.2) is 24.3 Å². The zero-order chi connectivity index (χ0) is 15.7. The van der Waals surface area contributed by atoms with Gasteiger partial charge in [0.1, 0.15) is 12.4 Å². The quantitative estimate of drug-likeness (QED) is 0.901. The highest BCUT2D eigenvalue weighted by atomic mass is 32.2. The van der Waals surface area contributed by atoms with Crippen LogP contribution in [0.2, 0.25) is 0 Å². The van der Waals surface area contributed by atoms with Gasteiger partial charge in [0.25, 0.3) is 0 Å². The fraction of sp³-hybridized carbons (Fsp3) is 0.467. The minimum absolute atomic E-state index is 0.0182. The topological polar surface area (TPSA) is 60.9 Å². The second kappa shape index (κ2) is 6.26. The molecule has 1 aromatic carbocycles. The molecule has 0 saturated carbocycles. The normalized spacial score (nSPS) is 25.1. The molecular weight excluding hydrogens is 307 g/mol. The van der Waals surface area contributed by atoms with Crippen LogP contribution in [0.3, 0.4) is 0 Å². The van der Waals surface area contributed by atoms with Crippen LogP contribution in [0.25, 0.3) is 0 Å². The molecule has 2 saturated heterocycles. The van der Waals surface area contributed by atoms with Crippen molar-refractivity contribution in [3.05, 3.63) is 35.6 Å². The Morgan fingerprint density at radius 3 is 2.95 bits per heavy atom. The number of thioether (sulfide) groups is 1. The average molecular weight is 324 g/mol. The van der Waals surface area contributed by atoms with E-state index in [-0.39, 0.29) is 36.8 Å². The first-order valence-corrected chi connectivity index (χ1v) is 8.28. The molecule has 2 atom stereocenters. The monoisotopic (exact) mass is 324 g/mol. The van der Waals surface area contributed by atoms with E-state index < -0.39 is 6.10 Å². The molecule has 0 radical (unpaired) electrons. The van der Waals surface area contributed by atoms with Crippen LogP contribution < -0.4 is 0 Å². The van der Waals surface area contributed by atoms with Gasteiger partial charge in [-0.2, -0.15) is 0 Å². The summed E-state index contributed by atoms with van der Waals surface area (Å²) in [5.41, 5.74) is 0.673. The molecule has 0 unspecified atom stereocenters. The summed E-state index contributed by atoms with van der Waals surface area (Å²) >= 11 is 1.48. The first-order valence-electron chi connectivity index (χ1n) is 7.13. The first-order chi connectivity index (χ1) is 10.5. The predicted octanol–water partition coefficient (Wildman–Crippen LogP) is 0.993. The number of aliphatic hydroxyl groups excluding tert-OH is 1. The van der Waals surface area contributed by atoms with Crippen LogP contribution in [0.4, 0.5) is 4.39 Å². The van der Waals surface area contributed by atoms with Gasteiger partial charge in [0.05, 0.1) is 23.8 Å². The largest absolute Gasteiger partial charge is 0.391 e. The highest BCUT2D eigenvalue weighted by Crippen LogP contribution is 2.32. The first kappa shape index (κ1) is 15.3. The summed E-state index contributed by atoms with van der Waals surface area (Å²) in [4.78, 5) is 27.2. The van der Waals surface area contributed by atoms with E-state index in [4.69, 9.17) is 0 Å². The third kappa shape index (κ3) is 3.10. The fourth-order valence-electron chi connectivity index (χ4n) is 2.91. The van der Waals surface area contributed by atoms with Crippen molar-refractivity contribution in [2.75, 3.05) is 24.7 Å². The van der Waals surface area contributed by atoms with Gasteiger partial charge in [-0.1, -0.05) is 12.1 Å². The van der Waals surface area contributed by atoms with Gasteiger partial charge in [0.2, 0.25) is 11.8 Å². The molecule has 0 bridgehead atoms. The maximum atomic E-state index is 13.4. The second-order valence-corrected chi connectivity index (χ2v) is 6.53. The number of carbonyl (C=O) groups excluding carboxylic acids is 2. The standard InChI is InChI=1S/C15H17FN2O3S/c16-11-3-1-2-10(4-11)13-5-12(19)6-18(13)14(20)7-17-9-22-8-15(17)21/h1-4,12-13,19H,5-9H2/t12-,13-/m0/s1. The van der Waals surface area contributed by atoms with E-state index in [2.05, 4.69) is 0 Å². The molecule has 1 N–H and O–H groups in total. The van der Waals surface area contributed by atoms with Gasteiger partial charge in [-0.05, 0) is 24.1 Å². The third-order valence-electron chi connectivity index (χ3n) is 3.98. The Hall–Kier alpha value is -1.60. The molecule has 0 spiro atoms. The fourth-order valence-corrected chi connectivity index (χ4v) is 3.82. The molecule has 2 amide bonds. The van der Waals surface area contributed by atoms with E-state index >= 15 is 0 Å². The molecule has 2 fully saturated rings. The maximum absolute atomic E-state index is 13.4. The van der Waals surface area contributed by atoms with Gasteiger partial charge in [-0.25, -0.2) is 4.39 Å². The minimum Gasteiger partial charge on any atom is -0.391 e. The SMILES string of the molecule is O=C1CSCN1CC(=O)N1C[C@@H](O)C[C@H]1c1cccc(F)c1. The van der Waals surface area contributed by atoms with Crippen LogP contribution >= 0.6 is 11.8 Å². The molecule has 22 heavy (non-hydrogen) atoms. The number of amides is 2. The summed E-state index contributed by atoms with van der Waals surface area (Å²) in [5, 5.41) is 9.89. The van der Waals surface area contributed by atoms with Crippen molar-refractivity contribution in [3.8, 4) is 0 Å². The van der Waals surface area contributed by atoms with Crippen molar-refractivity contribution >= 4 is 23.6 Å². The van der Waals surface area contributed by atoms with Crippen molar-refractivity contribution in [2.45, 2.75) is 18.6 Å². The number of benzene rings is 1. The second-order valence-electron chi connectivity index (χ2n) is 5.58. The summed E-state index contributed by atoms with van der Waals surface area (Å²) in [5.74, 6) is 0.314. The summed E-state index contributed by atoms with van der Waals surface area (Å²) in [6, 6.07) is 5.74. The van der Waals surface area contributed by atoms with Crippen molar-refractivity contribution in [1.82, 2.24) is 9.80 Å². The van der Waals surface area contributed by atoms with E-state index in [9.17, 15) is 19.1 Å². The van der Waals surface area contributed by atoms with Crippen molar-refractivity contribution in [2.24, 2.45) is 0 Å². The average Bonchev–Trinajstić information content (AvgIpc) is 3.05. The van der Waals surface area contributed by atoms with Crippen molar-refractivity contribution in [3.63, 3.8) is 0 Å². The van der Waals surface area contributed by atoms with Gasteiger partial charge >= 0.3 is 0 Å². The number of aliphatic hydroxyl groups is 1. The highest BCUT2D eigenvalue weighted by Gasteiger charge is 2.36. The summed E-state index contributed by atoms with van der Waals surface area (Å²) < 4.78 is 13.4. The van der Waals surface area contributed by atoms with Crippen LogP contribution in [0, 0.1) is 5.82 Å². The molecule has 2 heterocycles. The zero-order valence-corrected chi connectivity index (χ0v) is 12.8. The highest BCUT2D eigenvalue weighted by molar-refractivity contribution is 8.00. The van der Waals surface area contributed by atoms with E-state index in [1.807, 2.05) is 0 Å². The smallest absolute Gasteiger partial charge is 0.242 e. The number of carbonyl (C=O) groups is 2. The van der Waals surface area contributed by atoms with E-state index in [0.717, 1.165) is 0 Å². The Labute approximate surface area is 132 Å². The summed E-state index contributed by atoms with van der Waals surface area (Å²) in [7, 11) is 0. The Balaban J connectivity index is 1.75. The molecule has 2 aliphatic rings. The summed E-state index contributed by atoms with van der Waals surface area (Å²) in [6.45, 7) is 0.236. The molecular formula is C15H17FN2O3S. The zero-order valence-electron chi connectivity index (χ0n) is 11.9. The van der Waals surface area contributed by atoms with Gasteiger partial charge in [-0.3, -0.25) is 9.59 Å². The molecule has 5 nitrogen and oxygen atoms in total. The molecule has 118 valence electrons. The number of nitrogens with zero attached hydrogens (tertiary/aromatic N) is 2. The van der Waals surface area contributed by atoms with E-state index in [1.54, 1.807) is 17.0 Å². The van der Waals surface area contributed by atoms with Gasteiger partial charge in [-0.15, -0.1) is 11.8 Å². The van der Waals surface area contributed by atoms with E-state index in [1.165, 1.54) is 28.8 Å². The van der Waals surface area contributed by atoms with E-state index in [0.29, 0.717) is 23.6 Å². The van der Waals surface area contributed by atoms with Gasteiger partial charge in [0.15, 0.2) is 0 Å². The Kier molecular flexibility index (Phi) is 4.35. The van der Waals surface area contributed by atoms with Crippen LogP contribution in [0.5, 0.6) is 0 Å². The number of rotatable bonds is 3. The molecule has 0 aromatic heterocycles. The van der Waals surface area contributed by atoms with Crippen molar-refractivity contribution < 1.29 is 19.1 Å². The summed E-state index contributed by atoms with van der Waals surface area (Å²) in [6.07, 6.45) is -0.237. The van der Waals surface area contributed by atoms with Crippen LogP contribution in [-0.2, 0) is 9.59 Å². The predicted molar refractivity (Wildman–Crippen MR) is 80.5 cm³/mol. The number of β-amino-alcohol motifs (C(OH)–C–C–N with tert-alkyl or cyclic N) is 1. The minimum atomic E-state index is -0.624. The molecule has 0 aliphatic carbocycles. The lowest BCUT2D eigenvalue weighted by Gasteiger charge is -2.27. The number of hydrogen-bond donors (Lipinski definition) is 1. The third-order valence-corrected chi connectivity index (χ3v) is 4.93. The van der Waals surface area contributed by atoms with Gasteiger partial charge < -0.3 is 14.9 Å². The Morgan fingerprint density at radius 2 is 2.27 bits per heavy atom. The number of halogens is 1. The number of hydrogen-bond acceptors (Lipinski definition) is 4. The lowest BCUT2D eigenvalue weighted by molar-refractivity contribution is -0.138. The van der Waals surface area contributed by atoms with Crippen LogP contribution in [-0.4, -0.2) is 57.5 Å². The maximum Gasteiger partial charge on any atom is 0.242 e. The lowest BCUT2D eigenvalue weighted by Crippen LogP contribution is -2.41. The van der Waals surface area contributed by atoms with Crippen LogP contribution in [0.1, 0.15) is 18.0 Å². The molecule has 7 heteroatoms. The van der Waals surface area contributed by atoms with Crippen molar-refractivity contribution in [1.29, 1.82) is 0 Å². The molecule has 1 aromatic rings. The molecule has 3 rings (SSSR count). The van der Waals surface area contributed by atoms with Gasteiger partial charge in [0, 0.05) is 6.54 Å². The lowest BCUT2D eigenvalue weighted by atomic mass is 10.0.